The van der Waals surface area contributed by atoms with Crippen molar-refractivity contribution in [3.05, 3.63) is 51.9 Å². The first kappa shape index (κ1) is 17.9. The molecule has 3 heterocycles. The Hall–Kier alpha value is -2.53. The molecule has 0 unspecified atom stereocenters. The van der Waals surface area contributed by atoms with E-state index in [0.717, 1.165) is 29.9 Å². The number of nitrogen functional groups attached to an aromatic ring is 1. The van der Waals surface area contributed by atoms with Crippen molar-refractivity contribution in [2.24, 2.45) is 7.05 Å². The summed E-state index contributed by atoms with van der Waals surface area (Å²) in [6, 6.07) is 8.61. The van der Waals surface area contributed by atoms with Crippen molar-refractivity contribution in [3.8, 4) is 11.3 Å². The van der Waals surface area contributed by atoms with Crippen molar-refractivity contribution in [2.75, 3.05) is 18.8 Å². The zero-order valence-electron chi connectivity index (χ0n) is 16.3. The highest BCUT2D eigenvalue weighted by molar-refractivity contribution is 5.92. The van der Waals surface area contributed by atoms with Gasteiger partial charge in [-0.2, -0.15) is 0 Å². The van der Waals surface area contributed by atoms with Crippen LogP contribution < -0.4 is 16.6 Å². The van der Waals surface area contributed by atoms with Crippen LogP contribution in [0.4, 0.5) is 5.69 Å². The van der Waals surface area contributed by atoms with Gasteiger partial charge in [0.05, 0.1) is 11.4 Å². The SMILES string of the molecule is CC(C)c1c(-c2cc(N)c(=O)n(C)c2)[nH]c2ccc(C3CCNCC3)cc12. The Bertz CT molecular complexity index is 1010. The summed E-state index contributed by atoms with van der Waals surface area (Å²) >= 11 is 0. The lowest BCUT2D eigenvalue weighted by Crippen LogP contribution is -2.26. The standard InChI is InChI=1S/C22H28N4O/c1-13(2)20-17-10-15(14-6-8-24-9-7-14)4-5-19(17)25-21(20)16-11-18(23)22(27)26(3)12-16/h4-5,10-14,24-25H,6-9,23H2,1-3H3. The molecule has 27 heavy (non-hydrogen) atoms. The molecule has 0 spiro atoms. The Balaban J connectivity index is 1.88. The normalized spacial score (nSPS) is 15.7. The summed E-state index contributed by atoms with van der Waals surface area (Å²) in [7, 11) is 1.75. The molecule has 5 nitrogen and oxygen atoms in total. The molecule has 0 bridgehead atoms. The van der Waals surface area contributed by atoms with E-state index in [-0.39, 0.29) is 11.2 Å². The van der Waals surface area contributed by atoms with Crippen molar-refractivity contribution >= 4 is 16.6 Å². The number of nitrogens with zero attached hydrogens (tertiary/aromatic N) is 1. The van der Waals surface area contributed by atoms with Crippen molar-refractivity contribution in [1.82, 2.24) is 14.9 Å². The number of hydrogen-bond acceptors (Lipinski definition) is 3. The molecule has 142 valence electrons. The van der Waals surface area contributed by atoms with Gasteiger partial charge in [-0.15, -0.1) is 0 Å². The monoisotopic (exact) mass is 364 g/mol. The van der Waals surface area contributed by atoms with Crippen molar-refractivity contribution in [3.63, 3.8) is 0 Å². The Morgan fingerprint density at radius 3 is 2.59 bits per heavy atom. The van der Waals surface area contributed by atoms with Gasteiger partial charge in [0.15, 0.2) is 0 Å². The van der Waals surface area contributed by atoms with E-state index < -0.39 is 0 Å². The van der Waals surface area contributed by atoms with Crippen LogP contribution in [0.15, 0.2) is 35.3 Å². The maximum absolute atomic E-state index is 12.0. The minimum absolute atomic E-state index is 0.158. The molecular formula is C22H28N4O. The summed E-state index contributed by atoms with van der Waals surface area (Å²) in [6.45, 7) is 6.62. The maximum Gasteiger partial charge on any atom is 0.273 e. The van der Waals surface area contributed by atoms with Gasteiger partial charge in [0.25, 0.3) is 5.56 Å². The molecule has 0 amide bonds. The molecule has 2 aromatic heterocycles. The molecule has 5 heteroatoms. The highest BCUT2D eigenvalue weighted by Crippen LogP contribution is 2.37. The van der Waals surface area contributed by atoms with E-state index in [1.165, 1.54) is 29.4 Å². The van der Waals surface area contributed by atoms with Crippen LogP contribution in [-0.4, -0.2) is 22.6 Å². The predicted octanol–water partition coefficient (Wildman–Crippen LogP) is 3.71. The number of anilines is 1. The lowest BCUT2D eigenvalue weighted by molar-refractivity contribution is 0.460. The van der Waals surface area contributed by atoms with E-state index in [2.05, 4.69) is 42.3 Å². The van der Waals surface area contributed by atoms with Crippen molar-refractivity contribution < 1.29 is 0 Å². The van der Waals surface area contributed by atoms with Gasteiger partial charge in [0.2, 0.25) is 0 Å². The summed E-state index contributed by atoms with van der Waals surface area (Å²) in [4.78, 5) is 15.6. The first-order chi connectivity index (χ1) is 13.0. The summed E-state index contributed by atoms with van der Waals surface area (Å²) in [5, 5.41) is 4.73. The number of hydrogen-bond donors (Lipinski definition) is 3. The Kier molecular flexibility index (Phi) is 4.56. The van der Waals surface area contributed by atoms with Crippen LogP contribution in [0, 0.1) is 0 Å². The van der Waals surface area contributed by atoms with Gasteiger partial charge in [-0.25, -0.2) is 0 Å². The summed E-state index contributed by atoms with van der Waals surface area (Å²) in [5.74, 6) is 0.984. The molecule has 0 radical (unpaired) electrons. The van der Waals surface area contributed by atoms with Gasteiger partial charge in [0, 0.05) is 29.7 Å². The molecule has 0 saturated carbocycles. The van der Waals surface area contributed by atoms with E-state index in [9.17, 15) is 4.79 Å². The zero-order valence-corrected chi connectivity index (χ0v) is 16.3. The van der Waals surface area contributed by atoms with Gasteiger partial charge in [-0.3, -0.25) is 4.79 Å². The second kappa shape index (κ2) is 6.89. The third-order valence-corrected chi connectivity index (χ3v) is 5.75. The van der Waals surface area contributed by atoms with Gasteiger partial charge in [-0.05, 0) is 67.1 Å². The zero-order chi connectivity index (χ0) is 19.1. The average molecular weight is 364 g/mol. The van der Waals surface area contributed by atoms with E-state index >= 15 is 0 Å². The highest BCUT2D eigenvalue weighted by Gasteiger charge is 2.20. The Morgan fingerprint density at radius 2 is 1.93 bits per heavy atom. The maximum atomic E-state index is 12.0. The molecule has 1 fully saturated rings. The number of aromatic amines is 1. The van der Waals surface area contributed by atoms with Crippen LogP contribution in [0.2, 0.25) is 0 Å². The molecule has 0 aliphatic carbocycles. The van der Waals surface area contributed by atoms with E-state index in [4.69, 9.17) is 5.73 Å². The van der Waals surface area contributed by atoms with E-state index in [0.29, 0.717) is 11.8 Å². The predicted molar refractivity (Wildman–Crippen MR) is 112 cm³/mol. The minimum Gasteiger partial charge on any atom is -0.394 e. The summed E-state index contributed by atoms with van der Waals surface area (Å²) in [6.07, 6.45) is 4.25. The molecule has 1 aliphatic rings. The number of benzene rings is 1. The summed E-state index contributed by atoms with van der Waals surface area (Å²) in [5.41, 5.74) is 11.9. The number of rotatable bonds is 3. The fraction of sp³-hybridized carbons (Fsp3) is 0.409. The summed E-state index contributed by atoms with van der Waals surface area (Å²) < 4.78 is 1.56. The molecule has 1 saturated heterocycles. The first-order valence-electron chi connectivity index (χ1n) is 9.78. The fourth-order valence-electron chi connectivity index (χ4n) is 4.34. The lowest BCUT2D eigenvalue weighted by atomic mass is 9.88. The third kappa shape index (κ3) is 3.16. The van der Waals surface area contributed by atoms with Crippen LogP contribution in [0.3, 0.4) is 0 Å². The van der Waals surface area contributed by atoms with Crippen molar-refractivity contribution in [1.29, 1.82) is 0 Å². The fourth-order valence-corrected chi connectivity index (χ4v) is 4.34. The second-order valence-electron chi connectivity index (χ2n) is 8.00. The Morgan fingerprint density at radius 1 is 1.19 bits per heavy atom. The van der Waals surface area contributed by atoms with E-state index in [1.807, 2.05) is 6.20 Å². The van der Waals surface area contributed by atoms with Crippen LogP contribution >= 0.6 is 0 Å². The number of nitrogens with one attached hydrogen (secondary N) is 2. The number of pyridine rings is 1. The minimum atomic E-state index is -0.158. The smallest absolute Gasteiger partial charge is 0.273 e. The molecule has 1 aromatic carbocycles. The number of fused-ring (bicyclic) bond motifs is 1. The Labute approximate surface area is 159 Å². The van der Waals surface area contributed by atoms with Crippen LogP contribution in [0.5, 0.6) is 0 Å². The third-order valence-electron chi connectivity index (χ3n) is 5.75. The van der Waals surface area contributed by atoms with Gasteiger partial charge in [0.1, 0.15) is 0 Å². The average Bonchev–Trinajstić information content (AvgIpc) is 3.05. The lowest BCUT2D eigenvalue weighted by Gasteiger charge is -2.23. The second-order valence-corrected chi connectivity index (χ2v) is 8.00. The van der Waals surface area contributed by atoms with Gasteiger partial charge in [-0.1, -0.05) is 19.9 Å². The molecule has 0 atom stereocenters. The number of nitrogens with two attached hydrogens (primary N) is 1. The van der Waals surface area contributed by atoms with E-state index in [1.54, 1.807) is 17.7 Å². The molecule has 1 aliphatic heterocycles. The highest BCUT2D eigenvalue weighted by atomic mass is 16.1. The molecular weight excluding hydrogens is 336 g/mol. The van der Waals surface area contributed by atoms with Crippen LogP contribution in [0.1, 0.15) is 49.7 Å². The number of aromatic nitrogens is 2. The van der Waals surface area contributed by atoms with Crippen molar-refractivity contribution in [2.45, 2.75) is 38.5 Å². The number of piperidine rings is 1. The van der Waals surface area contributed by atoms with Gasteiger partial charge >= 0.3 is 0 Å². The van der Waals surface area contributed by atoms with Crippen LogP contribution in [0.25, 0.3) is 22.2 Å². The van der Waals surface area contributed by atoms with Crippen LogP contribution in [-0.2, 0) is 7.05 Å². The largest absolute Gasteiger partial charge is 0.394 e. The first-order valence-corrected chi connectivity index (χ1v) is 9.78. The number of H-pyrrole nitrogens is 1. The number of aryl methyl sites for hydroxylation is 1. The quantitative estimate of drug-likeness (QED) is 0.663. The molecule has 4 rings (SSSR count). The molecule has 4 N–H and O–H groups in total. The van der Waals surface area contributed by atoms with Gasteiger partial charge < -0.3 is 20.6 Å². The molecule has 3 aromatic rings. The topological polar surface area (TPSA) is 75.8 Å².